The minimum atomic E-state index is -0.516. The number of H-pyrrole nitrogens is 1. The van der Waals surface area contributed by atoms with Crippen molar-refractivity contribution in [2.24, 2.45) is 5.73 Å². The summed E-state index contributed by atoms with van der Waals surface area (Å²) >= 11 is 0. The van der Waals surface area contributed by atoms with Crippen LogP contribution in [0.15, 0.2) is 52.5 Å². The summed E-state index contributed by atoms with van der Waals surface area (Å²) < 4.78 is 21.9. The molecule has 26 heavy (non-hydrogen) atoms. The van der Waals surface area contributed by atoms with Crippen LogP contribution in [0.5, 0.6) is 17.4 Å². The number of aromatic amines is 1. The van der Waals surface area contributed by atoms with Crippen molar-refractivity contribution in [1.29, 1.82) is 5.26 Å². The van der Waals surface area contributed by atoms with Gasteiger partial charge in [-0.25, -0.2) is 0 Å². The van der Waals surface area contributed by atoms with E-state index in [9.17, 15) is 5.26 Å². The number of aromatic nitrogens is 2. The van der Waals surface area contributed by atoms with Crippen LogP contribution in [0, 0.1) is 11.3 Å². The summed E-state index contributed by atoms with van der Waals surface area (Å²) in [5, 5.41) is 16.8. The smallest absolute Gasteiger partial charge is 0.244 e. The second kappa shape index (κ2) is 5.32. The van der Waals surface area contributed by atoms with E-state index in [-0.39, 0.29) is 18.2 Å². The van der Waals surface area contributed by atoms with Gasteiger partial charge in [-0.15, -0.1) is 5.10 Å². The van der Waals surface area contributed by atoms with Gasteiger partial charge in [0.2, 0.25) is 18.6 Å². The third-order valence-electron chi connectivity index (χ3n) is 4.43. The molecule has 1 atom stereocenters. The lowest BCUT2D eigenvalue weighted by Crippen LogP contribution is -2.20. The predicted octanol–water partition coefficient (Wildman–Crippen LogP) is 2.62. The molecule has 2 aliphatic heterocycles. The lowest BCUT2D eigenvalue weighted by Gasteiger charge is -2.22. The number of fused-ring (bicyclic) bond motifs is 2. The first-order valence-corrected chi connectivity index (χ1v) is 7.85. The number of nitrogens with two attached hydrogens (primary N) is 1. The van der Waals surface area contributed by atoms with E-state index in [1.165, 1.54) is 0 Å². The molecular formula is C18H12N4O4. The van der Waals surface area contributed by atoms with Crippen LogP contribution in [0.4, 0.5) is 0 Å². The fourth-order valence-corrected chi connectivity index (χ4v) is 3.26. The lowest BCUT2D eigenvalue weighted by atomic mass is 9.86. The Labute approximate surface area is 147 Å². The van der Waals surface area contributed by atoms with Gasteiger partial charge >= 0.3 is 0 Å². The third kappa shape index (κ3) is 1.97. The Morgan fingerprint density at radius 1 is 1.23 bits per heavy atom. The number of furan rings is 1. The van der Waals surface area contributed by atoms with E-state index >= 15 is 0 Å². The average molecular weight is 348 g/mol. The van der Waals surface area contributed by atoms with Gasteiger partial charge in [0.15, 0.2) is 11.5 Å². The topological polar surface area (TPSA) is 119 Å². The van der Waals surface area contributed by atoms with Crippen molar-refractivity contribution in [3.63, 3.8) is 0 Å². The fourth-order valence-electron chi connectivity index (χ4n) is 3.26. The van der Waals surface area contributed by atoms with Crippen LogP contribution in [0.1, 0.15) is 17.2 Å². The van der Waals surface area contributed by atoms with E-state index < -0.39 is 5.92 Å². The predicted molar refractivity (Wildman–Crippen MR) is 88.2 cm³/mol. The van der Waals surface area contributed by atoms with Gasteiger partial charge < -0.3 is 24.4 Å². The largest absolute Gasteiger partial charge is 0.468 e. The molecule has 3 aromatic rings. The maximum Gasteiger partial charge on any atom is 0.244 e. The quantitative estimate of drug-likeness (QED) is 0.730. The highest BCUT2D eigenvalue weighted by Crippen LogP contribution is 2.46. The molecule has 5 rings (SSSR count). The second-order valence-electron chi connectivity index (χ2n) is 5.83. The maximum atomic E-state index is 9.61. The van der Waals surface area contributed by atoms with Gasteiger partial charge in [-0.05, 0) is 30.3 Å². The van der Waals surface area contributed by atoms with Gasteiger partial charge in [-0.2, -0.15) is 5.26 Å². The molecule has 2 aromatic heterocycles. The molecule has 1 aromatic carbocycles. The van der Waals surface area contributed by atoms with Gasteiger partial charge in [0.1, 0.15) is 17.4 Å². The first-order valence-electron chi connectivity index (χ1n) is 7.85. The van der Waals surface area contributed by atoms with Gasteiger partial charge in [-0.3, -0.25) is 5.10 Å². The highest BCUT2D eigenvalue weighted by atomic mass is 16.7. The Balaban J connectivity index is 1.71. The van der Waals surface area contributed by atoms with Crippen LogP contribution in [-0.2, 0) is 0 Å². The summed E-state index contributed by atoms with van der Waals surface area (Å²) in [5.74, 6) is 1.73. The molecule has 128 valence electrons. The van der Waals surface area contributed by atoms with Gasteiger partial charge in [0.05, 0.1) is 23.4 Å². The van der Waals surface area contributed by atoms with E-state index in [1.54, 1.807) is 18.4 Å². The van der Waals surface area contributed by atoms with Gasteiger partial charge in [-0.1, -0.05) is 0 Å². The summed E-state index contributed by atoms with van der Waals surface area (Å²) in [4.78, 5) is 0. The number of hydrogen-bond acceptors (Lipinski definition) is 7. The molecule has 3 N–H and O–H groups in total. The molecule has 0 saturated heterocycles. The Kier molecular flexibility index (Phi) is 2.96. The minimum Gasteiger partial charge on any atom is -0.468 e. The van der Waals surface area contributed by atoms with Crippen LogP contribution in [0.25, 0.3) is 11.3 Å². The molecule has 0 amide bonds. The molecule has 0 unspecified atom stereocenters. The monoisotopic (exact) mass is 348 g/mol. The zero-order chi connectivity index (χ0) is 17.7. The van der Waals surface area contributed by atoms with Crippen molar-refractivity contribution >= 4 is 0 Å². The normalized spacial score (nSPS) is 17.6. The summed E-state index contributed by atoms with van der Waals surface area (Å²) in [6.45, 7) is 0.190. The zero-order valence-corrected chi connectivity index (χ0v) is 13.4. The van der Waals surface area contributed by atoms with E-state index in [0.717, 1.165) is 5.56 Å². The SMILES string of the molecule is N#CC1=C(N)Oc2n[nH]c(-c3ccc4c(c3)OCO4)c2[C@@H]1c1ccco1. The van der Waals surface area contributed by atoms with Crippen LogP contribution in [0.2, 0.25) is 0 Å². The lowest BCUT2D eigenvalue weighted by molar-refractivity contribution is 0.174. The average Bonchev–Trinajstić information content (AvgIpc) is 3.39. The highest BCUT2D eigenvalue weighted by molar-refractivity contribution is 5.72. The fraction of sp³-hybridized carbons (Fsp3) is 0.111. The molecule has 0 aliphatic carbocycles. The van der Waals surface area contributed by atoms with Gasteiger partial charge in [0.25, 0.3) is 0 Å². The van der Waals surface area contributed by atoms with Crippen molar-refractivity contribution in [2.75, 3.05) is 6.79 Å². The van der Waals surface area contributed by atoms with Crippen molar-refractivity contribution in [3.05, 3.63) is 59.4 Å². The number of allylic oxidation sites excluding steroid dienone is 1. The minimum absolute atomic E-state index is 0.0186. The van der Waals surface area contributed by atoms with Crippen molar-refractivity contribution in [2.45, 2.75) is 5.92 Å². The summed E-state index contributed by atoms with van der Waals surface area (Å²) in [6, 6.07) is 11.2. The molecular weight excluding hydrogens is 336 g/mol. The highest BCUT2D eigenvalue weighted by Gasteiger charge is 2.37. The first kappa shape index (κ1) is 14.5. The number of ether oxygens (including phenoxy) is 3. The number of benzene rings is 1. The maximum absolute atomic E-state index is 9.61. The van der Waals surface area contributed by atoms with Crippen LogP contribution in [0.3, 0.4) is 0 Å². The molecule has 0 saturated carbocycles. The molecule has 8 nitrogen and oxygen atoms in total. The number of hydrogen-bond donors (Lipinski definition) is 2. The number of nitrogens with one attached hydrogen (secondary N) is 1. The summed E-state index contributed by atoms with van der Waals surface area (Å²) in [7, 11) is 0. The van der Waals surface area contributed by atoms with Crippen molar-refractivity contribution in [3.8, 4) is 34.7 Å². The van der Waals surface area contributed by atoms with E-state index in [2.05, 4.69) is 16.3 Å². The van der Waals surface area contributed by atoms with Crippen LogP contribution >= 0.6 is 0 Å². The van der Waals surface area contributed by atoms with E-state index in [0.29, 0.717) is 34.4 Å². The third-order valence-corrected chi connectivity index (χ3v) is 4.43. The van der Waals surface area contributed by atoms with Crippen molar-refractivity contribution < 1.29 is 18.6 Å². The van der Waals surface area contributed by atoms with Crippen LogP contribution < -0.4 is 19.9 Å². The van der Waals surface area contributed by atoms with Gasteiger partial charge in [0, 0.05) is 5.56 Å². The Morgan fingerprint density at radius 3 is 2.92 bits per heavy atom. The molecule has 0 radical (unpaired) electrons. The molecule has 0 spiro atoms. The molecule has 2 aliphatic rings. The number of nitrogens with zero attached hydrogens (tertiary/aromatic N) is 2. The zero-order valence-electron chi connectivity index (χ0n) is 13.4. The van der Waals surface area contributed by atoms with Crippen LogP contribution in [-0.4, -0.2) is 17.0 Å². The standard InChI is InChI=1S/C18H12N4O4/c19-7-10-14(12-2-1-5-23-12)15-16(21-22-18(15)26-17(10)20)9-3-4-11-13(6-9)25-8-24-11/h1-6,14H,8,20H2,(H,21,22)/t14-/m0/s1. The molecule has 0 fully saturated rings. The molecule has 8 heteroatoms. The number of rotatable bonds is 2. The Morgan fingerprint density at radius 2 is 2.12 bits per heavy atom. The van der Waals surface area contributed by atoms with Crippen molar-refractivity contribution in [1.82, 2.24) is 10.2 Å². The Bertz CT molecular complexity index is 1080. The summed E-state index contributed by atoms with van der Waals surface area (Å²) in [5.41, 5.74) is 8.40. The second-order valence-corrected chi connectivity index (χ2v) is 5.83. The van der Waals surface area contributed by atoms with E-state index in [1.807, 2.05) is 18.2 Å². The first-order chi connectivity index (χ1) is 12.8. The number of nitriles is 1. The summed E-state index contributed by atoms with van der Waals surface area (Å²) in [6.07, 6.45) is 1.55. The molecule has 4 heterocycles. The molecule has 0 bridgehead atoms. The van der Waals surface area contributed by atoms with E-state index in [4.69, 9.17) is 24.4 Å². The Hall–Kier alpha value is -3.86.